The van der Waals surface area contributed by atoms with Crippen LogP contribution in [0.1, 0.15) is 25.7 Å². The lowest BCUT2D eigenvalue weighted by Gasteiger charge is -2.32. The van der Waals surface area contributed by atoms with Crippen LogP contribution in [-0.2, 0) is 0 Å². The normalized spacial score (nSPS) is 34.0. The molecule has 0 saturated heterocycles. The number of hydrogen-bond acceptors (Lipinski definition) is 2. The van der Waals surface area contributed by atoms with Crippen LogP contribution in [0.5, 0.6) is 0 Å². The molecule has 1 rings (SSSR count). The zero-order chi connectivity index (χ0) is 6.69. The number of aliphatic hydroxyl groups is 2. The van der Waals surface area contributed by atoms with Crippen LogP contribution in [0.15, 0.2) is 0 Å². The first-order valence-corrected chi connectivity index (χ1v) is 3.63. The molecule has 0 bridgehead atoms. The molecule has 2 atom stereocenters. The van der Waals surface area contributed by atoms with Crippen LogP contribution in [0.25, 0.3) is 0 Å². The van der Waals surface area contributed by atoms with Crippen molar-refractivity contribution < 1.29 is 10.2 Å². The smallest absolute Gasteiger partial charge is 0.0568 e. The van der Waals surface area contributed by atoms with Gasteiger partial charge in [-0.25, -0.2) is 0 Å². The van der Waals surface area contributed by atoms with E-state index in [2.05, 4.69) is 0 Å². The summed E-state index contributed by atoms with van der Waals surface area (Å²) >= 11 is 0. The molecule has 1 aliphatic carbocycles. The van der Waals surface area contributed by atoms with Gasteiger partial charge in [-0.15, -0.1) is 0 Å². The van der Waals surface area contributed by atoms with Crippen LogP contribution < -0.4 is 0 Å². The van der Waals surface area contributed by atoms with Crippen molar-refractivity contribution in [1.29, 1.82) is 0 Å². The molecule has 1 aliphatic rings. The van der Waals surface area contributed by atoms with E-state index in [0.29, 0.717) is 5.92 Å². The van der Waals surface area contributed by atoms with E-state index >= 15 is 0 Å². The van der Waals surface area contributed by atoms with E-state index in [4.69, 9.17) is 10.2 Å². The zero-order valence-corrected chi connectivity index (χ0v) is 5.58. The van der Waals surface area contributed by atoms with Gasteiger partial charge in [0, 0.05) is 6.61 Å². The first kappa shape index (κ1) is 7.03. The van der Waals surface area contributed by atoms with Gasteiger partial charge in [-0.1, -0.05) is 0 Å². The van der Waals surface area contributed by atoms with E-state index in [-0.39, 0.29) is 12.7 Å². The quantitative estimate of drug-likeness (QED) is 0.585. The SMILES string of the molecule is OCCC[C@@H]1CC[C@H]1O. The summed E-state index contributed by atoms with van der Waals surface area (Å²) < 4.78 is 0. The van der Waals surface area contributed by atoms with E-state index in [0.717, 1.165) is 25.7 Å². The van der Waals surface area contributed by atoms with Gasteiger partial charge in [-0.05, 0) is 31.6 Å². The van der Waals surface area contributed by atoms with Crippen molar-refractivity contribution in [2.75, 3.05) is 6.61 Å². The van der Waals surface area contributed by atoms with Gasteiger partial charge >= 0.3 is 0 Å². The average Bonchev–Trinajstić information content (AvgIpc) is 1.86. The van der Waals surface area contributed by atoms with Gasteiger partial charge in [0.1, 0.15) is 0 Å². The fourth-order valence-corrected chi connectivity index (χ4v) is 1.24. The Bertz CT molecular complexity index is 83.0. The summed E-state index contributed by atoms with van der Waals surface area (Å²) in [6, 6.07) is 0. The maximum Gasteiger partial charge on any atom is 0.0568 e. The molecular weight excluding hydrogens is 116 g/mol. The lowest BCUT2D eigenvalue weighted by atomic mass is 9.79. The van der Waals surface area contributed by atoms with Gasteiger partial charge in [0.2, 0.25) is 0 Å². The predicted octanol–water partition coefficient (Wildman–Crippen LogP) is 0.530. The Kier molecular flexibility index (Phi) is 2.49. The van der Waals surface area contributed by atoms with Crippen molar-refractivity contribution in [1.82, 2.24) is 0 Å². The standard InChI is InChI=1S/C7H14O2/c8-5-1-2-6-3-4-7(6)9/h6-9H,1-5H2/t6-,7-/m1/s1. The molecule has 0 aliphatic heterocycles. The molecule has 2 heteroatoms. The second kappa shape index (κ2) is 3.18. The largest absolute Gasteiger partial charge is 0.396 e. The Hall–Kier alpha value is -0.0800. The highest BCUT2D eigenvalue weighted by atomic mass is 16.3. The van der Waals surface area contributed by atoms with Crippen LogP contribution in [0.3, 0.4) is 0 Å². The third kappa shape index (κ3) is 1.66. The number of aliphatic hydroxyl groups excluding tert-OH is 2. The van der Waals surface area contributed by atoms with Crippen LogP contribution >= 0.6 is 0 Å². The third-order valence-corrected chi connectivity index (χ3v) is 2.11. The molecule has 1 fully saturated rings. The molecule has 54 valence electrons. The van der Waals surface area contributed by atoms with E-state index in [1.165, 1.54) is 0 Å². The van der Waals surface area contributed by atoms with Gasteiger partial charge in [-0.3, -0.25) is 0 Å². The molecule has 0 aromatic heterocycles. The van der Waals surface area contributed by atoms with E-state index in [9.17, 15) is 0 Å². The van der Waals surface area contributed by atoms with Crippen molar-refractivity contribution in [2.45, 2.75) is 31.8 Å². The Balaban J connectivity index is 1.99. The Morgan fingerprint density at radius 3 is 2.44 bits per heavy atom. The van der Waals surface area contributed by atoms with Crippen molar-refractivity contribution in [3.8, 4) is 0 Å². The fourth-order valence-electron chi connectivity index (χ4n) is 1.24. The van der Waals surface area contributed by atoms with Gasteiger partial charge in [0.15, 0.2) is 0 Å². The second-order valence-corrected chi connectivity index (χ2v) is 2.77. The van der Waals surface area contributed by atoms with Gasteiger partial charge in [0.25, 0.3) is 0 Å². The first-order chi connectivity index (χ1) is 4.34. The lowest BCUT2D eigenvalue weighted by Crippen LogP contribution is -2.30. The summed E-state index contributed by atoms with van der Waals surface area (Å²) in [5.41, 5.74) is 0. The molecule has 0 aromatic carbocycles. The summed E-state index contributed by atoms with van der Waals surface area (Å²) in [4.78, 5) is 0. The first-order valence-electron chi connectivity index (χ1n) is 3.63. The third-order valence-electron chi connectivity index (χ3n) is 2.11. The maximum absolute atomic E-state index is 9.05. The molecule has 0 spiro atoms. The monoisotopic (exact) mass is 130 g/mol. The summed E-state index contributed by atoms with van der Waals surface area (Å²) in [7, 11) is 0. The highest BCUT2D eigenvalue weighted by molar-refractivity contribution is 4.79. The number of hydrogen-bond donors (Lipinski definition) is 2. The Morgan fingerprint density at radius 1 is 1.33 bits per heavy atom. The van der Waals surface area contributed by atoms with Gasteiger partial charge in [0.05, 0.1) is 6.10 Å². The second-order valence-electron chi connectivity index (χ2n) is 2.77. The molecule has 1 saturated carbocycles. The zero-order valence-electron chi connectivity index (χ0n) is 5.58. The van der Waals surface area contributed by atoms with Crippen molar-refractivity contribution in [3.63, 3.8) is 0 Å². The number of rotatable bonds is 3. The topological polar surface area (TPSA) is 40.5 Å². The maximum atomic E-state index is 9.05. The molecule has 9 heavy (non-hydrogen) atoms. The molecule has 2 N–H and O–H groups in total. The molecule has 0 heterocycles. The molecule has 2 nitrogen and oxygen atoms in total. The van der Waals surface area contributed by atoms with Crippen molar-refractivity contribution in [2.24, 2.45) is 5.92 Å². The Labute approximate surface area is 55.5 Å². The molecule has 0 unspecified atom stereocenters. The van der Waals surface area contributed by atoms with Crippen molar-refractivity contribution >= 4 is 0 Å². The summed E-state index contributed by atoms with van der Waals surface area (Å²) in [5.74, 6) is 0.497. The average molecular weight is 130 g/mol. The minimum atomic E-state index is -0.0588. The van der Waals surface area contributed by atoms with Crippen molar-refractivity contribution in [3.05, 3.63) is 0 Å². The predicted molar refractivity (Wildman–Crippen MR) is 35.1 cm³/mol. The molecular formula is C7H14O2. The van der Waals surface area contributed by atoms with Crippen LogP contribution in [0.2, 0.25) is 0 Å². The minimum absolute atomic E-state index is 0.0588. The summed E-state index contributed by atoms with van der Waals surface area (Å²) in [6.07, 6.45) is 3.91. The lowest BCUT2D eigenvalue weighted by molar-refractivity contribution is 0.0163. The fraction of sp³-hybridized carbons (Fsp3) is 1.00. The summed E-state index contributed by atoms with van der Waals surface area (Å²) in [5, 5.41) is 17.5. The highest BCUT2D eigenvalue weighted by Crippen LogP contribution is 2.30. The van der Waals surface area contributed by atoms with Crippen LogP contribution in [-0.4, -0.2) is 22.9 Å². The molecule has 0 radical (unpaired) electrons. The van der Waals surface area contributed by atoms with Crippen LogP contribution in [0, 0.1) is 5.92 Å². The highest BCUT2D eigenvalue weighted by Gasteiger charge is 2.27. The van der Waals surface area contributed by atoms with Crippen LogP contribution in [0.4, 0.5) is 0 Å². The van der Waals surface area contributed by atoms with E-state index < -0.39 is 0 Å². The van der Waals surface area contributed by atoms with Gasteiger partial charge < -0.3 is 10.2 Å². The summed E-state index contributed by atoms with van der Waals surface area (Å²) in [6.45, 7) is 0.267. The van der Waals surface area contributed by atoms with Gasteiger partial charge in [-0.2, -0.15) is 0 Å². The Morgan fingerprint density at radius 2 is 2.11 bits per heavy atom. The molecule has 0 aromatic rings. The van der Waals surface area contributed by atoms with E-state index in [1.807, 2.05) is 0 Å². The molecule has 0 amide bonds. The van der Waals surface area contributed by atoms with E-state index in [1.54, 1.807) is 0 Å². The minimum Gasteiger partial charge on any atom is -0.396 e.